The molecule has 1 aliphatic rings. The average molecular weight is 288 g/mol. The summed E-state index contributed by atoms with van der Waals surface area (Å²) < 4.78 is 0. The minimum absolute atomic E-state index is 0.101. The molecular formula is C18H28N2O. The van der Waals surface area contributed by atoms with E-state index in [0.717, 1.165) is 24.8 Å². The Hall–Kier alpha value is -1.35. The number of nitrogens with one attached hydrogen (secondary N) is 1. The lowest BCUT2D eigenvalue weighted by atomic mass is 9.97. The first-order chi connectivity index (χ1) is 10.2. The fourth-order valence-corrected chi connectivity index (χ4v) is 3.16. The number of rotatable bonds is 7. The van der Waals surface area contributed by atoms with E-state index in [-0.39, 0.29) is 11.4 Å². The Bertz CT molecular complexity index is 447. The van der Waals surface area contributed by atoms with Crippen molar-refractivity contribution in [3.63, 3.8) is 0 Å². The van der Waals surface area contributed by atoms with Gasteiger partial charge in [-0.25, -0.2) is 0 Å². The Morgan fingerprint density at radius 3 is 2.38 bits per heavy atom. The van der Waals surface area contributed by atoms with Gasteiger partial charge in [-0.3, -0.25) is 4.79 Å². The largest absolute Gasteiger partial charge is 0.349 e. The minimum atomic E-state index is -0.141. The second kappa shape index (κ2) is 7.60. The van der Waals surface area contributed by atoms with Gasteiger partial charge in [-0.05, 0) is 36.8 Å². The summed E-state index contributed by atoms with van der Waals surface area (Å²) in [5.74, 6) is 0.101. The molecular weight excluding hydrogens is 260 g/mol. The van der Waals surface area contributed by atoms with E-state index in [1.807, 2.05) is 0 Å². The molecule has 116 valence electrons. The van der Waals surface area contributed by atoms with Crippen molar-refractivity contribution >= 4 is 5.91 Å². The van der Waals surface area contributed by atoms with Crippen molar-refractivity contribution in [2.24, 2.45) is 5.73 Å². The smallest absolute Gasteiger partial charge is 0.224 e. The van der Waals surface area contributed by atoms with Gasteiger partial charge in [-0.2, -0.15) is 0 Å². The number of carbonyl (C=O) groups is 1. The van der Waals surface area contributed by atoms with E-state index in [9.17, 15) is 4.79 Å². The van der Waals surface area contributed by atoms with Gasteiger partial charge in [0.25, 0.3) is 0 Å². The Morgan fingerprint density at radius 2 is 1.81 bits per heavy atom. The van der Waals surface area contributed by atoms with Gasteiger partial charge in [-0.15, -0.1) is 0 Å². The normalized spacial score (nSPS) is 16.9. The van der Waals surface area contributed by atoms with Crippen LogP contribution in [0.1, 0.15) is 56.6 Å². The van der Waals surface area contributed by atoms with Crippen LogP contribution in [0.4, 0.5) is 0 Å². The van der Waals surface area contributed by atoms with Gasteiger partial charge in [0, 0.05) is 6.54 Å². The number of hydrogen-bond donors (Lipinski definition) is 2. The van der Waals surface area contributed by atoms with Gasteiger partial charge >= 0.3 is 0 Å². The second-order valence-electron chi connectivity index (χ2n) is 6.34. The zero-order chi connectivity index (χ0) is 15.1. The number of hydrogen-bond acceptors (Lipinski definition) is 2. The first-order valence-corrected chi connectivity index (χ1v) is 8.26. The summed E-state index contributed by atoms with van der Waals surface area (Å²) in [4.78, 5) is 12.2. The van der Waals surface area contributed by atoms with Gasteiger partial charge < -0.3 is 11.1 Å². The molecule has 1 saturated carbocycles. The molecule has 0 saturated heterocycles. The third kappa shape index (κ3) is 4.57. The van der Waals surface area contributed by atoms with Crippen LogP contribution in [0, 0.1) is 0 Å². The molecule has 1 aliphatic carbocycles. The number of unbranched alkanes of at least 4 members (excludes halogenated alkanes) is 1. The average Bonchev–Trinajstić information content (AvgIpc) is 2.95. The minimum Gasteiger partial charge on any atom is -0.349 e. The van der Waals surface area contributed by atoms with Crippen LogP contribution in [-0.2, 0) is 17.6 Å². The van der Waals surface area contributed by atoms with Crippen molar-refractivity contribution in [3.8, 4) is 0 Å². The van der Waals surface area contributed by atoms with Crippen LogP contribution < -0.4 is 11.1 Å². The highest BCUT2D eigenvalue weighted by molar-refractivity contribution is 5.79. The van der Waals surface area contributed by atoms with E-state index in [2.05, 4.69) is 36.5 Å². The molecule has 0 bridgehead atoms. The van der Waals surface area contributed by atoms with Crippen molar-refractivity contribution in [2.75, 3.05) is 6.54 Å². The predicted octanol–water partition coefficient (Wildman–Crippen LogP) is 2.96. The second-order valence-corrected chi connectivity index (χ2v) is 6.34. The number of nitrogens with two attached hydrogens (primary N) is 1. The third-order valence-electron chi connectivity index (χ3n) is 4.56. The molecule has 0 unspecified atom stereocenters. The van der Waals surface area contributed by atoms with E-state index >= 15 is 0 Å². The Kier molecular flexibility index (Phi) is 5.80. The van der Waals surface area contributed by atoms with Crippen LogP contribution in [0.25, 0.3) is 0 Å². The van der Waals surface area contributed by atoms with Gasteiger partial charge in [0.2, 0.25) is 5.91 Å². The van der Waals surface area contributed by atoms with Crippen molar-refractivity contribution in [1.29, 1.82) is 0 Å². The topological polar surface area (TPSA) is 55.1 Å². The van der Waals surface area contributed by atoms with E-state index in [1.54, 1.807) is 0 Å². The molecule has 2 rings (SSSR count). The zero-order valence-corrected chi connectivity index (χ0v) is 13.2. The number of amides is 1. The highest BCUT2D eigenvalue weighted by Crippen LogP contribution is 2.28. The molecule has 0 atom stereocenters. The molecule has 0 heterocycles. The summed E-state index contributed by atoms with van der Waals surface area (Å²) in [6.07, 6.45) is 8.39. The lowest BCUT2D eigenvalue weighted by Gasteiger charge is -2.28. The van der Waals surface area contributed by atoms with Crippen LogP contribution in [0.5, 0.6) is 0 Å². The first kappa shape index (κ1) is 16.0. The van der Waals surface area contributed by atoms with Gasteiger partial charge in [0.15, 0.2) is 0 Å². The van der Waals surface area contributed by atoms with Crippen LogP contribution in [0.15, 0.2) is 24.3 Å². The molecule has 1 amide bonds. The van der Waals surface area contributed by atoms with Gasteiger partial charge in [0.1, 0.15) is 0 Å². The first-order valence-electron chi connectivity index (χ1n) is 8.26. The monoisotopic (exact) mass is 288 g/mol. The Balaban J connectivity index is 1.87. The van der Waals surface area contributed by atoms with Crippen LogP contribution in [0.3, 0.4) is 0 Å². The fraction of sp³-hybridized carbons (Fsp3) is 0.611. The molecule has 1 fully saturated rings. The molecule has 0 radical (unpaired) electrons. The molecule has 21 heavy (non-hydrogen) atoms. The van der Waals surface area contributed by atoms with E-state index in [4.69, 9.17) is 5.73 Å². The molecule has 0 spiro atoms. The number of aryl methyl sites for hydroxylation is 1. The van der Waals surface area contributed by atoms with Crippen LogP contribution >= 0.6 is 0 Å². The summed E-state index contributed by atoms with van der Waals surface area (Å²) in [5, 5.41) is 3.18. The lowest BCUT2D eigenvalue weighted by molar-refractivity contribution is -0.122. The number of carbonyl (C=O) groups excluding carboxylic acids is 1. The molecule has 0 aliphatic heterocycles. The molecule has 1 aromatic rings. The fourth-order valence-electron chi connectivity index (χ4n) is 3.16. The van der Waals surface area contributed by atoms with Crippen LogP contribution in [0.2, 0.25) is 0 Å². The van der Waals surface area contributed by atoms with Gasteiger partial charge in [0.05, 0.1) is 12.0 Å². The summed E-state index contributed by atoms with van der Waals surface area (Å²) in [7, 11) is 0. The maximum atomic E-state index is 12.2. The molecule has 3 nitrogen and oxygen atoms in total. The SMILES string of the molecule is CCCCc1ccc(CC(=O)NC2(CN)CCCC2)cc1. The molecule has 3 heteroatoms. The molecule has 3 N–H and O–H groups in total. The van der Waals surface area contributed by atoms with Crippen molar-refractivity contribution in [3.05, 3.63) is 35.4 Å². The highest BCUT2D eigenvalue weighted by Gasteiger charge is 2.33. The van der Waals surface area contributed by atoms with Crippen molar-refractivity contribution < 1.29 is 4.79 Å². The Morgan fingerprint density at radius 1 is 1.19 bits per heavy atom. The third-order valence-corrected chi connectivity index (χ3v) is 4.56. The summed E-state index contributed by atoms with van der Waals surface area (Å²) in [5.41, 5.74) is 8.16. The molecule has 1 aromatic carbocycles. The van der Waals surface area contributed by atoms with E-state index in [0.29, 0.717) is 13.0 Å². The Labute approximate surface area is 128 Å². The maximum Gasteiger partial charge on any atom is 0.224 e. The summed E-state index contributed by atoms with van der Waals surface area (Å²) in [6.45, 7) is 2.75. The lowest BCUT2D eigenvalue weighted by Crippen LogP contribution is -2.52. The van der Waals surface area contributed by atoms with Crippen LogP contribution in [-0.4, -0.2) is 18.0 Å². The standard InChI is InChI=1S/C18H28N2O/c1-2-3-6-15-7-9-16(10-8-15)13-17(21)20-18(14-19)11-4-5-12-18/h7-10H,2-6,11-14,19H2,1H3,(H,20,21). The number of benzene rings is 1. The van der Waals surface area contributed by atoms with E-state index in [1.165, 1.54) is 31.2 Å². The predicted molar refractivity (Wildman–Crippen MR) is 87.2 cm³/mol. The van der Waals surface area contributed by atoms with Crippen molar-refractivity contribution in [2.45, 2.75) is 63.8 Å². The summed E-state index contributed by atoms with van der Waals surface area (Å²) >= 11 is 0. The quantitative estimate of drug-likeness (QED) is 0.810. The maximum absolute atomic E-state index is 12.2. The highest BCUT2D eigenvalue weighted by atomic mass is 16.1. The van der Waals surface area contributed by atoms with E-state index < -0.39 is 0 Å². The summed E-state index contributed by atoms with van der Waals surface area (Å²) in [6, 6.07) is 8.45. The zero-order valence-electron chi connectivity index (χ0n) is 13.2. The van der Waals surface area contributed by atoms with Gasteiger partial charge in [-0.1, -0.05) is 50.5 Å². The van der Waals surface area contributed by atoms with Crippen molar-refractivity contribution in [1.82, 2.24) is 5.32 Å². The molecule has 0 aromatic heterocycles.